The quantitative estimate of drug-likeness (QED) is 0.855. The Morgan fingerprint density at radius 1 is 1.15 bits per heavy atom. The summed E-state index contributed by atoms with van der Waals surface area (Å²) in [4.78, 5) is 25.0. The first kappa shape index (κ1) is 19.1. The monoisotopic (exact) mass is 386 g/mol. The van der Waals surface area contributed by atoms with Gasteiger partial charge in [-0.15, -0.1) is 0 Å². The summed E-state index contributed by atoms with van der Waals surface area (Å²) >= 11 is 0. The van der Waals surface area contributed by atoms with Gasteiger partial charge in [0.05, 0.1) is 11.8 Å². The number of nitrogens with zero attached hydrogens (tertiary/aromatic N) is 1. The van der Waals surface area contributed by atoms with Crippen molar-refractivity contribution < 1.29 is 18.0 Å². The minimum Gasteiger partial charge on any atom is -0.348 e. The van der Waals surface area contributed by atoms with Crippen molar-refractivity contribution >= 4 is 21.8 Å². The molecule has 0 bridgehead atoms. The van der Waals surface area contributed by atoms with E-state index in [4.69, 9.17) is 0 Å². The second-order valence-electron chi connectivity index (χ2n) is 6.61. The fourth-order valence-electron chi connectivity index (χ4n) is 3.10. The zero-order valence-electron chi connectivity index (χ0n) is 15.3. The topological polar surface area (TPSA) is 83.6 Å². The van der Waals surface area contributed by atoms with Crippen molar-refractivity contribution in [3.8, 4) is 0 Å². The van der Waals surface area contributed by atoms with Crippen molar-refractivity contribution in [1.29, 1.82) is 0 Å². The Hall–Kier alpha value is -2.67. The first-order valence-corrected chi connectivity index (χ1v) is 10.4. The van der Waals surface area contributed by atoms with Gasteiger partial charge in [0.15, 0.2) is 0 Å². The molecule has 0 spiro atoms. The minimum atomic E-state index is -3.87. The molecular formula is C20H22N2O4S. The molecule has 0 saturated carbocycles. The van der Waals surface area contributed by atoms with Crippen LogP contribution in [0, 0.1) is 0 Å². The molecule has 1 aliphatic rings. The van der Waals surface area contributed by atoms with Crippen LogP contribution in [0.3, 0.4) is 0 Å². The van der Waals surface area contributed by atoms with Crippen molar-refractivity contribution in [1.82, 2.24) is 9.62 Å². The molecule has 3 rings (SSSR count). The summed E-state index contributed by atoms with van der Waals surface area (Å²) in [6.45, 7) is 3.36. The molecule has 0 unspecified atom stereocenters. The molecule has 1 aliphatic heterocycles. The van der Waals surface area contributed by atoms with E-state index in [1.165, 1.54) is 5.56 Å². The lowest BCUT2D eigenvalue weighted by Crippen LogP contribution is -2.47. The first-order valence-electron chi connectivity index (χ1n) is 8.82. The lowest BCUT2D eigenvalue weighted by atomic mass is 10.0. The van der Waals surface area contributed by atoms with E-state index in [-0.39, 0.29) is 11.8 Å². The lowest BCUT2D eigenvalue weighted by molar-refractivity contribution is -0.121. The number of nitrogens with one attached hydrogen (secondary N) is 1. The van der Waals surface area contributed by atoms with Crippen LogP contribution in [0.1, 0.15) is 46.9 Å². The average molecular weight is 386 g/mol. The number of amides is 2. The van der Waals surface area contributed by atoms with Gasteiger partial charge in [-0.25, -0.2) is 12.7 Å². The normalized spacial score (nSPS) is 16.5. The van der Waals surface area contributed by atoms with E-state index in [0.29, 0.717) is 15.4 Å². The van der Waals surface area contributed by atoms with Gasteiger partial charge in [-0.2, -0.15) is 0 Å². The highest BCUT2D eigenvalue weighted by molar-refractivity contribution is 7.89. The summed E-state index contributed by atoms with van der Waals surface area (Å²) in [6.07, 6.45) is 0.928. The molecule has 0 radical (unpaired) electrons. The molecule has 142 valence electrons. The van der Waals surface area contributed by atoms with Gasteiger partial charge in [-0.05, 0) is 36.1 Å². The molecule has 1 N–H and O–H groups in total. The van der Waals surface area contributed by atoms with Crippen LogP contribution in [-0.4, -0.2) is 31.1 Å². The third-order valence-electron chi connectivity index (χ3n) is 4.70. The van der Waals surface area contributed by atoms with Gasteiger partial charge in [0.2, 0.25) is 15.9 Å². The summed E-state index contributed by atoms with van der Waals surface area (Å²) < 4.78 is 25.5. The van der Waals surface area contributed by atoms with E-state index in [1.807, 2.05) is 31.2 Å². The molecule has 0 aliphatic carbocycles. The minimum absolute atomic E-state index is 0.282. The zero-order valence-corrected chi connectivity index (χ0v) is 16.1. The summed E-state index contributed by atoms with van der Waals surface area (Å²) in [5.74, 6) is -1.46. The molecule has 6 nitrogen and oxygen atoms in total. The largest absolute Gasteiger partial charge is 0.348 e. The Bertz CT molecular complexity index is 968. The maximum absolute atomic E-state index is 12.6. The lowest BCUT2D eigenvalue weighted by Gasteiger charge is -2.28. The van der Waals surface area contributed by atoms with Gasteiger partial charge < -0.3 is 5.32 Å². The smallest absolute Gasteiger partial charge is 0.268 e. The molecule has 1 atom stereocenters. The fourth-order valence-corrected chi connectivity index (χ4v) is 4.57. The standard InChI is InChI=1S/C20H22N2O4S/c1-3-15-8-10-16(11-9-15)14(2)21-19(23)12-22-20(24)18-7-5-4-6-17(18)13-27(22,25)26/h4-11,14H,3,12-13H2,1-2H3,(H,21,23)/t14-/m0/s1. The molecule has 2 aromatic carbocycles. The second-order valence-corrected chi connectivity index (χ2v) is 8.50. The van der Waals surface area contributed by atoms with Gasteiger partial charge in [0, 0.05) is 5.56 Å². The maximum Gasteiger partial charge on any atom is 0.268 e. The van der Waals surface area contributed by atoms with Gasteiger partial charge >= 0.3 is 0 Å². The molecule has 27 heavy (non-hydrogen) atoms. The summed E-state index contributed by atoms with van der Waals surface area (Å²) in [5, 5.41) is 2.77. The van der Waals surface area contributed by atoms with E-state index in [0.717, 1.165) is 12.0 Å². The molecule has 2 amide bonds. The molecule has 2 aromatic rings. The molecule has 7 heteroatoms. The van der Waals surface area contributed by atoms with Crippen LogP contribution in [0.5, 0.6) is 0 Å². The Morgan fingerprint density at radius 2 is 1.81 bits per heavy atom. The van der Waals surface area contributed by atoms with Crippen molar-refractivity contribution in [3.05, 3.63) is 70.8 Å². The fraction of sp³-hybridized carbons (Fsp3) is 0.300. The van der Waals surface area contributed by atoms with Gasteiger partial charge in [0.25, 0.3) is 5.91 Å². The van der Waals surface area contributed by atoms with E-state index in [1.54, 1.807) is 24.3 Å². The predicted octanol–water partition coefficient (Wildman–Crippen LogP) is 2.41. The Labute approximate surface area is 159 Å². The van der Waals surface area contributed by atoms with Crippen LogP contribution >= 0.6 is 0 Å². The number of hydrogen-bond acceptors (Lipinski definition) is 4. The first-order chi connectivity index (χ1) is 12.8. The Balaban J connectivity index is 1.72. The Morgan fingerprint density at radius 3 is 2.48 bits per heavy atom. The van der Waals surface area contributed by atoms with Gasteiger partial charge in [-0.1, -0.05) is 49.4 Å². The van der Waals surface area contributed by atoms with Crippen molar-refractivity contribution in [2.75, 3.05) is 6.54 Å². The second kappa shape index (κ2) is 7.52. The Kier molecular flexibility index (Phi) is 5.32. The molecule has 1 heterocycles. The van der Waals surface area contributed by atoms with Gasteiger partial charge in [0.1, 0.15) is 6.54 Å². The van der Waals surface area contributed by atoms with E-state index in [9.17, 15) is 18.0 Å². The van der Waals surface area contributed by atoms with Crippen LogP contribution in [-0.2, 0) is 27.0 Å². The highest BCUT2D eigenvalue weighted by Crippen LogP contribution is 2.24. The third kappa shape index (κ3) is 4.03. The number of carbonyl (C=O) groups is 2. The van der Waals surface area contributed by atoms with Crippen LogP contribution in [0.4, 0.5) is 0 Å². The average Bonchev–Trinajstić information content (AvgIpc) is 2.65. The highest BCUT2D eigenvalue weighted by atomic mass is 32.2. The van der Waals surface area contributed by atoms with Crippen LogP contribution in [0.2, 0.25) is 0 Å². The molecule has 0 saturated heterocycles. The number of carbonyl (C=O) groups excluding carboxylic acids is 2. The van der Waals surface area contributed by atoms with Crippen LogP contribution < -0.4 is 5.32 Å². The maximum atomic E-state index is 12.6. The number of sulfonamides is 1. The zero-order chi connectivity index (χ0) is 19.6. The van der Waals surface area contributed by atoms with Crippen molar-refractivity contribution in [2.45, 2.75) is 32.1 Å². The molecule has 0 aromatic heterocycles. The van der Waals surface area contributed by atoms with Crippen LogP contribution in [0.15, 0.2) is 48.5 Å². The summed E-state index contributed by atoms with van der Waals surface area (Å²) in [5.41, 5.74) is 2.89. The van der Waals surface area contributed by atoms with Crippen molar-refractivity contribution in [3.63, 3.8) is 0 Å². The third-order valence-corrected chi connectivity index (χ3v) is 6.34. The molecule has 0 fully saturated rings. The number of benzene rings is 2. The van der Waals surface area contributed by atoms with Crippen LogP contribution in [0.25, 0.3) is 0 Å². The number of fused-ring (bicyclic) bond motifs is 1. The van der Waals surface area contributed by atoms with E-state index >= 15 is 0 Å². The summed E-state index contributed by atoms with van der Waals surface area (Å²) in [7, 11) is -3.87. The van der Waals surface area contributed by atoms with Gasteiger partial charge in [-0.3, -0.25) is 9.59 Å². The van der Waals surface area contributed by atoms with E-state index in [2.05, 4.69) is 12.2 Å². The molecular weight excluding hydrogens is 364 g/mol. The number of aryl methyl sites for hydroxylation is 1. The SMILES string of the molecule is CCc1ccc([C@H](C)NC(=O)CN2C(=O)c3ccccc3CS2(=O)=O)cc1. The number of hydrogen-bond donors (Lipinski definition) is 1. The highest BCUT2D eigenvalue weighted by Gasteiger charge is 2.36. The summed E-state index contributed by atoms with van der Waals surface area (Å²) in [6, 6.07) is 14.1. The van der Waals surface area contributed by atoms with Crippen molar-refractivity contribution in [2.24, 2.45) is 0 Å². The van der Waals surface area contributed by atoms with E-state index < -0.39 is 28.4 Å². The predicted molar refractivity (Wildman–Crippen MR) is 102 cm³/mol. The number of rotatable bonds is 5.